The highest BCUT2D eigenvalue weighted by Gasteiger charge is 2.33. The smallest absolute Gasteiger partial charge is 0.433 e. The number of nitrogens with zero attached hydrogens (tertiary/aromatic N) is 3. The van der Waals surface area contributed by atoms with Crippen LogP contribution in [0.25, 0.3) is 0 Å². The molecule has 0 aliphatic carbocycles. The lowest BCUT2D eigenvalue weighted by Crippen LogP contribution is -2.32. The van der Waals surface area contributed by atoms with Gasteiger partial charge in [0.2, 0.25) is 5.88 Å². The highest BCUT2D eigenvalue weighted by atomic mass is 19.4. The number of methoxy groups -OCH3 is 1. The first-order valence-corrected chi connectivity index (χ1v) is 12.6. The van der Waals surface area contributed by atoms with E-state index in [1.54, 1.807) is 29.7 Å². The minimum Gasteiger partial charge on any atom is -0.481 e. The highest BCUT2D eigenvalue weighted by molar-refractivity contribution is 6.01. The van der Waals surface area contributed by atoms with Crippen LogP contribution in [0.15, 0.2) is 42.6 Å². The van der Waals surface area contributed by atoms with Crippen LogP contribution >= 0.6 is 0 Å². The third kappa shape index (κ3) is 6.22. The Bertz CT molecular complexity index is 1320. The normalized spacial score (nSPS) is 14.7. The van der Waals surface area contributed by atoms with E-state index in [0.29, 0.717) is 54.5 Å². The van der Waals surface area contributed by atoms with Crippen molar-refractivity contribution < 1.29 is 32.2 Å². The van der Waals surface area contributed by atoms with Crippen molar-refractivity contribution in [2.24, 2.45) is 0 Å². The van der Waals surface area contributed by atoms with E-state index in [1.807, 2.05) is 6.92 Å². The third-order valence-electron chi connectivity index (χ3n) is 6.60. The Morgan fingerprint density at radius 1 is 1.10 bits per heavy atom. The van der Waals surface area contributed by atoms with Crippen molar-refractivity contribution in [1.29, 1.82) is 0 Å². The number of rotatable bonds is 9. The van der Waals surface area contributed by atoms with Crippen molar-refractivity contribution in [2.45, 2.75) is 58.1 Å². The molecular weight excluding hydrogens is 515 g/mol. The maximum Gasteiger partial charge on any atom is 0.433 e. The van der Waals surface area contributed by atoms with Crippen LogP contribution in [0, 0.1) is 0 Å². The number of amides is 2. The number of aromatic nitrogens is 3. The SMILES string of the molecule is CCC(NC(=O)c1cc(C(=O)NC(CC)c2cccc(OC)n2)n2c1COCC2)c1ccc(C(F)(F)F)nc1. The van der Waals surface area contributed by atoms with Crippen LogP contribution in [0.3, 0.4) is 0 Å². The summed E-state index contributed by atoms with van der Waals surface area (Å²) in [7, 11) is 1.52. The fourth-order valence-electron chi connectivity index (χ4n) is 4.50. The Morgan fingerprint density at radius 2 is 1.85 bits per heavy atom. The lowest BCUT2D eigenvalue weighted by molar-refractivity contribution is -0.141. The Labute approximate surface area is 223 Å². The molecule has 0 fully saturated rings. The van der Waals surface area contributed by atoms with Crippen molar-refractivity contribution in [3.8, 4) is 5.88 Å². The maximum atomic E-state index is 13.4. The number of nitrogens with one attached hydrogen (secondary N) is 2. The fourth-order valence-corrected chi connectivity index (χ4v) is 4.50. The summed E-state index contributed by atoms with van der Waals surface area (Å²) in [6, 6.07) is 8.08. The van der Waals surface area contributed by atoms with Gasteiger partial charge in [0, 0.05) is 18.8 Å². The van der Waals surface area contributed by atoms with Gasteiger partial charge >= 0.3 is 6.18 Å². The molecule has 4 rings (SSSR count). The number of alkyl halides is 3. The van der Waals surface area contributed by atoms with Crippen molar-refractivity contribution in [1.82, 2.24) is 25.2 Å². The van der Waals surface area contributed by atoms with E-state index < -0.39 is 23.8 Å². The predicted molar refractivity (Wildman–Crippen MR) is 135 cm³/mol. The van der Waals surface area contributed by atoms with E-state index >= 15 is 0 Å². The zero-order valence-electron chi connectivity index (χ0n) is 21.8. The summed E-state index contributed by atoms with van der Waals surface area (Å²) in [6.07, 6.45) is -2.43. The summed E-state index contributed by atoms with van der Waals surface area (Å²) in [5.74, 6) is -0.394. The molecule has 2 N–H and O–H groups in total. The number of hydrogen-bond donors (Lipinski definition) is 2. The zero-order valence-corrected chi connectivity index (χ0v) is 21.8. The van der Waals surface area contributed by atoms with E-state index in [1.165, 1.54) is 19.2 Å². The van der Waals surface area contributed by atoms with Gasteiger partial charge in [-0.1, -0.05) is 26.0 Å². The summed E-state index contributed by atoms with van der Waals surface area (Å²) < 4.78 is 51.2. The third-order valence-corrected chi connectivity index (χ3v) is 6.60. The Balaban J connectivity index is 1.56. The zero-order chi connectivity index (χ0) is 28.2. The van der Waals surface area contributed by atoms with E-state index in [2.05, 4.69) is 20.6 Å². The molecule has 2 amide bonds. The summed E-state index contributed by atoms with van der Waals surface area (Å²) >= 11 is 0. The van der Waals surface area contributed by atoms with Gasteiger partial charge in [0.1, 0.15) is 11.4 Å². The highest BCUT2D eigenvalue weighted by Crippen LogP contribution is 2.29. The average molecular weight is 546 g/mol. The van der Waals surface area contributed by atoms with E-state index in [9.17, 15) is 22.8 Å². The predicted octanol–water partition coefficient (Wildman–Crippen LogP) is 4.60. The standard InChI is InChI=1S/C27H30F3N5O4/c1-4-18(16-9-10-23(31-14-16)27(28,29)30)33-25(36)17-13-21(35-11-12-39-15-22(17)35)26(37)34-19(5-2)20-7-6-8-24(32-20)38-3/h6-10,13-14,18-19H,4-5,11-12,15H2,1-3H3,(H,33,36)(H,34,37). The van der Waals surface area contributed by atoms with E-state index in [0.717, 1.165) is 12.3 Å². The molecule has 3 aromatic rings. The van der Waals surface area contributed by atoms with Crippen LogP contribution < -0.4 is 15.4 Å². The number of carbonyl (C=O) groups is 2. The van der Waals surface area contributed by atoms with Gasteiger partial charge in [-0.25, -0.2) is 4.98 Å². The molecule has 12 heteroatoms. The molecule has 0 spiro atoms. The molecule has 0 radical (unpaired) electrons. The van der Waals surface area contributed by atoms with Gasteiger partial charge < -0.3 is 24.7 Å². The first kappa shape index (κ1) is 28.1. The Morgan fingerprint density at radius 3 is 2.49 bits per heavy atom. The second-order valence-corrected chi connectivity index (χ2v) is 9.04. The van der Waals surface area contributed by atoms with E-state index in [4.69, 9.17) is 9.47 Å². The van der Waals surface area contributed by atoms with Crippen LogP contribution in [0.5, 0.6) is 5.88 Å². The molecule has 2 unspecified atom stereocenters. The van der Waals surface area contributed by atoms with Crippen LogP contribution in [0.4, 0.5) is 13.2 Å². The first-order chi connectivity index (χ1) is 18.7. The van der Waals surface area contributed by atoms with Gasteiger partial charge in [-0.3, -0.25) is 14.6 Å². The monoisotopic (exact) mass is 545 g/mol. The van der Waals surface area contributed by atoms with Crippen LogP contribution in [0.1, 0.15) is 82.3 Å². The first-order valence-electron chi connectivity index (χ1n) is 12.6. The summed E-state index contributed by atoms with van der Waals surface area (Å²) in [5.41, 5.74) is 1.22. The minimum atomic E-state index is -4.55. The Kier molecular flexibility index (Phi) is 8.54. The van der Waals surface area contributed by atoms with Crippen molar-refractivity contribution in [3.63, 3.8) is 0 Å². The maximum absolute atomic E-state index is 13.4. The van der Waals surface area contributed by atoms with Crippen molar-refractivity contribution in [2.75, 3.05) is 13.7 Å². The van der Waals surface area contributed by atoms with Gasteiger partial charge in [-0.2, -0.15) is 13.2 Å². The van der Waals surface area contributed by atoms with Crippen molar-refractivity contribution >= 4 is 11.8 Å². The number of fused-ring (bicyclic) bond motifs is 1. The van der Waals surface area contributed by atoms with Gasteiger partial charge in [0.15, 0.2) is 0 Å². The molecule has 1 aliphatic heterocycles. The molecule has 3 aromatic heterocycles. The van der Waals surface area contributed by atoms with Crippen LogP contribution in [-0.2, 0) is 24.1 Å². The average Bonchev–Trinajstić information content (AvgIpc) is 3.34. The molecule has 208 valence electrons. The molecule has 9 nitrogen and oxygen atoms in total. The molecule has 0 aromatic carbocycles. The van der Waals surface area contributed by atoms with E-state index in [-0.39, 0.29) is 24.1 Å². The summed E-state index contributed by atoms with van der Waals surface area (Å²) in [4.78, 5) is 34.7. The number of ether oxygens (including phenoxy) is 2. The second-order valence-electron chi connectivity index (χ2n) is 9.04. The van der Waals surface area contributed by atoms with Crippen molar-refractivity contribution in [3.05, 3.63) is 76.5 Å². The summed E-state index contributed by atoms with van der Waals surface area (Å²) in [5, 5.41) is 5.86. The fraction of sp³-hybridized carbons (Fsp3) is 0.407. The number of hydrogen-bond acceptors (Lipinski definition) is 6. The molecule has 1 aliphatic rings. The number of carbonyl (C=O) groups excluding carboxylic acids is 2. The lowest BCUT2D eigenvalue weighted by atomic mass is 10.1. The van der Waals surface area contributed by atoms with Crippen LogP contribution in [0.2, 0.25) is 0 Å². The van der Waals surface area contributed by atoms with Gasteiger partial charge in [0.05, 0.1) is 49.4 Å². The molecule has 0 bridgehead atoms. The second kappa shape index (κ2) is 11.9. The minimum absolute atomic E-state index is 0.142. The molecular formula is C27H30F3N5O4. The molecule has 0 saturated heterocycles. The van der Waals surface area contributed by atoms with Gasteiger partial charge in [-0.15, -0.1) is 0 Å². The van der Waals surface area contributed by atoms with Crippen LogP contribution in [-0.4, -0.2) is 40.1 Å². The molecule has 0 saturated carbocycles. The largest absolute Gasteiger partial charge is 0.481 e. The Hall–Kier alpha value is -3.93. The number of pyridine rings is 2. The van der Waals surface area contributed by atoms with Gasteiger partial charge in [-0.05, 0) is 36.6 Å². The quantitative estimate of drug-likeness (QED) is 0.407. The topological polar surface area (TPSA) is 107 Å². The van der Waals surface area contributed by atoms with Gasteiger partial charge in [0.25, 0.3) is 11.8 Å². The number of halogens is 3. The lowest BCUT2D eigenvalue weighted by Gasteiger charge is -2.21. The molecule has 39 heavy (non-hydrogen) atoms. The molecule has 2 atom stereocenters. The molecule has 4 heterocycles. The summed E-state index contributed by atoms with van der Waals surface area (Å²) in [6.45, 7) is 4.64.